The van der Waals surface area contributed by atoms with Crippen LogP contribution in [-0.4, -0.2) is 17.2 Å². The van der Waals surface area contributed by atoms with Gasteiger partial charge < -0.3 is 5.32 Å². The number of hydrogen-bond donors (Lipinski definition) is 2. The normalized spacial score (nSPS) is 12.5. The molecule has 1 aromatic heterocycles. The molecule has 1 unspecified atom stereocenters. The smallest absolute Gasteiger partial charge is 0.124 e. The third-order valence-electron chi connectivity index (χ3n) is 1.89. The Morgan fingerprint density at radius 1 is 1.58 bits per heavy atom. The molecule has 0 saturated heterocycles. The van der Waals surface area contributed by atoms with Crippen molar-refractivity contribution in [1.82, 2.24) is 15.5 Å². The molecule has 0 amide bonds. The van der Waals surface area contributed by atoms with E-state index in [1.165, 1.54) is 0 Å². The zero-order valence-corrected chi connectivity index (χ0v) is 7.47. The van der Waals surface area contributed by atoms with E-state index in [0.29, 0.717) is 0 Å². The quantitative estimate of drug-likeness (QED) is 0.679. The molecule has 2 N–H and O–H groups in total. The van der Waals surface area contributed by atoms with Crippen LogP contribution in [0.1, 0.15) is 23.0 Å². The molecule has 64 valence electrons. The summed E-state index contributed by atoms with van der Waals surface area (Å²) in [7, 11) is 1.76. The number of aromatic nitrogens is 2. The van der Waals surface area contributed by atoms with Crippen LogP contribution >= 0.6 is 0 Å². The Morgan fingerprint density at radius 2 is 2.25 bits per heavy atom. The van der Waals surface area contributed by atoms with Gasteiger partial charge in [-0.3, -0.25) is 5.10 Å². The predicted octanol–water partition coefficient (Wildman–Crippen LogP) is 0.811. The molecule has 0 bridgehead atoms. The number of rotatable bonds is 2. The number of hydrogen-bond acceptors (Lipinski definition) is 3. The number of nitriles is 1. The fourth-order valence-corrected chi connectivity index (χ4v) is 1.26. The van der Waals surface area contributed by atoms with Crippen LogP contribution in [-0.2, 0) is 0 Å². The molecule has 0 radical (unpaired) electrons. The maximum Gasteiger partial charge on any atom is 0.124 e. The summed E-state index contributed by atoms with van der Waals surface area (Å²) in [6, 6.07) is 1.90. The lowest BCUT2D eigenvalue weighted by Crippen LogP contribution is -2.15. The van der Waals surface area contributed by atoms with Crippen molar-refractivity contribution >= 4 is 0 Å². The molecular weight excluding hydrogens is 152 g/mol. The Kier molecular flexibility index (Phi) is 2.46. The van der Waals surface area contributed by atoms with Crippen LogP contribution in [0, 0.1) is 25.2 Å². The highest BCUT2D eigenvalue weighted by atomic mass is 15.1. The van der Waals surface area contributed by atoms with Gasteiger partial charge in [0.1, 0.15) is 6.04 Å². The maximum atomic E-state index is 8.79. The minimum atomic E-state index is -0.260. The average molecular weight is 164 g/mol. The van der Waals surface area contributed by atoms with Crippen LogP contribution in [0.15, 0.2) is 0 Å². The van der Waals surface area contributed by atoms with Gasteiger partial charge in [0.2, 0.25) is 0 Å². The van der Waals surface area contributed by atoms with Crippen LogP contribution in [0.2, 0.25) is 0 Å². The third kappa shape index (κ3) is 1.31. The highest BCUT2D eigenvalue weighted by Crippen LogP contribution is 2.17. The lowest BCUT2D eigenvalue weighted by molar-refractivity contribution is 0.718. The zero-order chi connectivity index (χ0) is 9.14. The van der Waals surface area contributed by atoms with Crippen molar-refractivity contribution in [2.24, 2.45) is 0 Å². The first-order valence-corrected chi connectivity index (χ1v) is 3.79. The summed E-state index contributed by atoms with van der Waals surface area (Å²) in [5, 5.41) is 18.6. The van der Waals surface area contributed by atoms with Crippen molar-refractivity contribution < 1.29 is 0 Å². The third-order valence-corrected chi connectivity index (χ3v) is 1.89. The van der Waals surface area contributed by atoms with Crippen molar-refractivity contribution in [1.29, 1.82) is 5.26 Å². The largest absolute Gasteiger partial charge is 0.301 e. The Hall–Kier alpha value is -1.34. The van der Waals surface area contributed by atoms with Gasteiger partial charge in [0.05, 0.1) is 11.8 Å². The molecule has 4 nitrogen and oxygen atoms in total. The van der Waals surface area contributed by atoms with E-state index in [2.05, 4.69) is 21.6 Å². The van der Waals surface area contributed by atoms with Crippen molar-refractivity contribution in [3.05, 3.63) is 17.0 Å². The van der Waals surface area contributed by atoms with Gasteiger partial charge in [0.25, 0.3) is 0 Å². The van der Waals surface area contributed by atoms with Crippen LogP contribution in [0.3, 0.4) is 0 Å². The molecule has 0 spiro atoms. The van der Waals surface area contributed by atoms with E-state index in [-0.39, 0.29) is 6.04 Å². The van der Waals surface area contributed by atoms with Crippen LogP contribution in [0.5, 0.6) is 0 Å². The monoisotopic (exact) mass is 164 g/mol. The zero-order valence-electron chi connectivity index (χ0n) is 7.47. The first-order valence-electron chi connectivity index (χ1n) is 3.79. The number of nitrogens with one attached hydrogen (secondary N) is 2. The summed E-state index contributed by atoms with van der Waals surface area (Å²) in [5.74, 6) is 0. The summed E-state index contributed by atoms with van der Waals surface area (Å²) in [6.45, 7) is 3.80. The van der Waals surface area contributed by atoms with Crippen molar-refractivity contribution in [2.45, 2.75) is 19.9 Å². The Bertz CT molecular complexity index is 288. The summed E-state index contributed by atoms with van der Waals surface area (Å²) < 4.78 is 0. The van der Waals surface area contributed by atoms with Crippen molar-refractivity contribution in [2.75, 3.05) is 7.05 Å². The van der Waals surface area contributed by atoms with E-state index in [9.17, 15) is 0 Å². The van der Waals surface area contributed by atoms with Gasteiger partial charge in [-0.05, 0) is 20.9 Å². The maximum absolute atomic E-state index is 8.79. The number of aryl methyl sites for hydroxylation is 2. The molecule has 0 aliphatic rings. The van der Waals surface area contributed by atoms with Crippen LogP contribution in [0.25, 0.3) is 0 Å². The Morgan fingerprint density at radius 3 is 2.58 bits per heavy atom. The molecule has 0 aliphatic carbocycles. The second kappa shape index (κ2) is 3.37. The number of nitrogens with zero attached hydrogens (tertiary/aromatic N) is 2. The fourth-order valence-electron chi connectivity index (χ4n) is 1.26. The van der Waals surface area contributed by atoms with Crippen LogP contribution < -0.4 is 5.32 Å². The Balaban J connectivity index is 3.08. The second-order valence-corrected chi connectivity index (χ2v) is 2.70. The lowest BCUT2D eigenvalue weighted by atomic mass is 10.1. The fraction of sp³-hybridized carbons (Fsp3) is 0.500. The van der Waals surface area contributed by atoms with Gasteiger partial charge >= 0.3 is 0 Å². The van der Waals surface area contributed by atoms with Crippen molar-refractivity contribution in [3.8, 4) is 6.07 Å². The van der Waals surface area contributed by atoms with Crippen molar-refractivity contribution in [3.63, 3.8) is 0 Å². The van der Waals surface area contributed by atoms with Gasteiger partial charge in [-0.15, -0.1) is 0 Å². The van der Waals surface area contributed by atoms with E-state index >= 15 is 0 Å². The molecule has 0 saturated carbocycles. The minimum absolute atomic E-state index is 0.260. The average Bonchev–Trinajstić information content (AvgIpc) is 2.38. The predicted molar refractivity (Wildman–Crippen MR) is 45.5 cm³/mol. The minimum Gasteiger partial charge on any atom is -0.301 e. The van der Waals surface area contributed by atoms with Gasteiger partial charge in [0.15, 0.2) is 0 Å². The molecule has 0 fully saturated rings. The van der Waals surface area contributed by atoms with Gasteiger partial charge in [0, 0.05) is 11.3 Å². The molecule has 12 heavy (non-hydrogen) atoms. The van der Waals surface area contributed by atoms with E-state index in [4.69, 9.17) is 5.26 Å². The highest BCUT2D eigenvalue weighted by molar-refractivity contribution is 5.30. The van der Waals surface area contributed by atoms with Gasteiger partial charge in [-0.1, -0.05) is 0 Å². The molecule has 1 aromatic rings. The van der Waals surface area contributed by atoms with E-state index in [1.54, 1.807) is 7.05 Å². The highest BCUT2D eigenvalue weighted by Gasteiger charge is 2.15. The summed E-state index contributed by atoms with van der Waals surface area (Å²) >= 11 is 0. The lowest BCUT2D eigenvalue weighted by Gasteiger charge is -2.06. The first-order chi connectivity index (χ1) is 5.70. The standard InChI is InChI=1S/C8H12N4/c1-5-8(6(2)12-11-5)7(4-9)10-3/h7,10H,1-3H3,(H,11,12). The Labute approximate surface area is 71.6 Å². The molecule has 1 atom stereocenters. The second-order valence-electron chi connectivity index (χ2n) is 2.70. The molecule has 0 aliphatic heterocycles. The molecule has 4 heteroatoms. The SMILES string of the molecule is CNC(C#N)c1c(C)n[nH]c1C. The van der Waals surface area contributed by atoms with Crippen LogP contribution in [0.4, 0.5) is 0 Å². The molecule has 0 aromatic carbocycles. The van der Waals surface area contributed by atoms with E-state index in [1.807, 2.05) is 13.8 Å². The molecule has 1 rings (SSSR count). The molecular formula is C8H12N4. The summed E-state index contributed by atoms with van der Waals surface area (Å²) in [4.78, 5) is 0. The van der Waals surface area contributed by atoms with E-state index < -0.39 is 0 Å². The van der Waals surface area contributed by atoms with Gasteiger partial charge in [-0.2, -0.15) is 10.4 Å². The number of aromatic amines is 1. The topological polar surface area (TPSA) is 64.5 Å². The first kappa shape index (κ1) is 8.75. The number of H-pyrrole nitrogens is 1. The summed E-state index contributed by atoms with van der Waals surface area (Å²) in [5.41, 5.74) is 2.79. The van der Waals surface area contributed by atoms with Gasteiger partial charge in [-0.25, -0.2) is 0 Å². The molecule has 1 heterocycles. The van der Waals surface area contributed by atoms with E-state index in [0.717, 1.165) is 17.0 Å². The summed E-state index contributed by atoms with van der Waals surface area (Å²) in [6.07, 6.45) is 0.